The molecule has 0 saturated carbocycles. The van der Waals surface area contributed by atoms with Gasteiger partial charge in [-0.25, -0.2) is 4.39 Å². The van der Waals surface area contributed by atoms with Gasteiger partial charge >= 0.3 is 0 Å². The minimum absolute atomic E-state index is 0.0172. The van der Waals surface area contributed by atoms with E-state index < -0.39 is 11.7 Å². The molecule has 1 fully saturated rings. The number of aromatic nitrogens is 2. The van der Waals surface area contributed by atoms with Gasteiger partial charge in [-0.15, -0.1) is 10.2 Å². The number of piperidine rings is 1. The Morgan fingerprint density at radius 2 is 2.03 bits per heavy atom. The second-order valence-electron chi connectivity index (χ2n) is 7.46. The topological polar surface area (TPSA) is 84.4 Å². The quantitative estimate of drug-likeness (QED) is 0.599. The van der Waals surface area contributed by atoms with Gasteiger partial charge in [0.05, 0.1) is 6.61 Å². The largest absolute Gasteiger partial charge is 0.494 e. The minimum Gasteiger partial charge on any atom is -0.494 e. The number of amides is 2. The maximum atomic E-state index is 13.3. The van der Waals surface area contributed by atoms with E-state index >= 15 is 0 Å². The summed E-state index contributed by atoms with van der Waals surface area (Å²) in [5.41, 5.74) is 0.970. The van der Waals surface area contributed by atoms with Crippen molar-refractivity contribution in [2.45, 2.75) is 25.7 Å². The fourth-order valence-corrected chi connectivity index (χ4v) is 4.51. The molecule has 32 heavy (non-hydrogen) atoms. The zero-order valence-electron chi connectivity index (χ0n) is 17.6. The smallest absolute Gasteiger partial charge is 0.286 e. The van der Waals surface area contributed by atoms with E-state index in [0.29, 0.717) is 30.9 Å². The highest BCUT2D eigenvalue weighted by atomic mass is 32.1. The predicted octanol–water partition coefficient (Wildman–Crippen LogP) is 4.35. The first kappa shape index (κ1) is 21.9. The van der Waals surface area contributed by atoms with Crippen LogP contribution in [0.1, 0.15) is 50.9 Å². The second kappa shape index (κ2) is 9.86. The molecule has 1 unspecified atom stereocenters. The number of benzene rings is 2. The van der Waals surface area contributed by atoms with Crippen LogP contribution in [0.25, 0.3) is 0 Å². The molecule has 2 heterocycles. The van der Waals surface area contributed by atoms with Crippen LogP contribution in [-0.4, -0.2) is 46.6 Å². The van der Waals surface area contributed by atoms with Gasteiger partial charge in [0.25, 0.3) is 11.8 Å². The summed E-state index contributed by atoms with van der Waals surface area (Å²) < 4.78 is 18.8. The first-order valence-corrected chi connectivity index (χ1v) is 11.3. The van der Waals surface area contributed by atoms with Crippen molar-refractivity contribution in [3.8, 4) is 5.75 Å². The van der Waals surface area contributed by atoms with E-state index in [0.717, 1.165) is 23.6 Å². The number of rotatable bonds is 6. The molecule has 0 aliphatic carbocycles. The van der Waals surface area contributed by atoms with E-state index in [4.69, 9.17) is 4.74 Å². The summed E-state index contributed by atoms with van der Waals surface area (Å²) in [6.07, 6.45) is 1.71. The molecule has 0 spiro atoms. The van der Waals surface area contributed by atoms with Gasteiger partial charge in [-0.1, -0.05) is 17.4 Å². The van der Waals surface area contributed by atoms with Gasteiger partial charge in [-0.3, -0.25) is 9.59 Å². The number of halogens is 1. The molecule has 2 aromatic carbocycles. The molecule has 1 aliphatic rings. The van der Waals surface area contributed by atoms with Crippen molar-refractivity contribution in [3.63, 3.8) is 0 Å². The lowest BCUT2D eigenvalue weighted by Crippen LogP contribution is -2.39. The average molecular weight is 455 g/mol. The molecular weight excluding hydrogens is 431 g/mol. The number of carbonyl (C=O) groups excluding carboxylic acids is 2. The van der Waals surface area contributed by atoms with Crippen LogP contribution in [0.3, 0.4) is 0 Å². The zero-order chi connectivity index (χ0) is 22.5. The molecule has 4 rings (SSSR count). The molecule has 166 valence electrons. The van der Waals surface area contributed by atoms with Crippen LogP contribution < -0.4 is 10.1 Å². The Bertz CT molecular complexity index is 1100. The van der Waals surface area contributed by atoms with Gasteiger partial charge in [0, 0.05) is 30.3 Å². The Morgan fingerprint density at radius 1 is 1.22 bits per heavy atom. The Hall–Kier alpha value is -3.33. The number of nitrogens with zero attached hydrogens (tertiary/aromatic N) is 3. The lowest BCUT2D eigenvalue weighted by molar-refractivity contribution is 0.0706. The molecule has 2 amide bonds. The van der Waals surface area contributed by atoms with Crippen LogP contribution in [0.15, 0.2) is 48.5 Å². The van der Waals surface area contributed by atoms with Crippen molar-refractivity contribution in [3.05, 3.63) is 69.9 Å². The number of anilines is 1. The number of ether oxygens (including phenoxy) is 1. The molecule has 1 atom stereocenters. The van der Waals surface area contributed by atoms with Crippen LogP contribution >= 0.6 is 11.3 Å². The molecule has 1 aromatic heterocycles. The monoisotopic (exact) mass is 454 g/mol. The minimum atomic E-state index is -0.433. The van der Waals surface area contributed by atoms with Crippen molar-refractivity contribution in [2.75, 3.05) is 25.0 Å². The molecule has 1 aliphatic heterocycles. The van der Waals surface area contributed by atoms with Gasteiger partial charge in [0.15, 0.2) is 0 Å². The van der Waals surface area contributed by atoms with Gasteiger partial charge in [0.1, 0.15) is 16.6 Å². The maximum absolute atomic E-state index is 13.3. The van der Waals surface area contributed by atoms with Crippen molar-refractivity contribution < 1.29 is 18.7 Å². The number of carbonyl (C=O) groups is 2. The first-order chi connectivity index (χ1) is 15.5. The van der Waals surface area contributed by atoms with Gasteiger partial charge in [-0.2, -0.15) is 0 Å². The highest BCUT2D eigenvalue weighted by Gasteiger charge is 2.28. The first-order valence-electron chi connectivity index (χ1n) is 10.5. The Kier molecular flexibility index (Phi) is 6.75. The number of hydrogen-bond donors (Lipinski definition) is 1. The molecule has 0 radical (unpaired) electrons. The zero-order valence-corrected chi connectivity index (χ0v) is 18.4. The SMILES string of the molecule is CCOc1ccc(C(=O)N2CCCC(c3nnc(C(=O)Nc4cccc(F)c4)s3)C2)cc1. The van der Waals surface area contributed by atoms with Crippen LogP contribution in [0, 0.1) is 5.82 Å². The van der Waals surface area contributed by atoms with Crippen LogP contribution in [0.5, 0.6) is 5.75 Å². The molecule has 1 N–H and O–H groups in total. The Labute approximate surface area is 189 Å². The average Bonchev–Trinajstić information content (AvgIpc) is 3.30. The lowest BCUT2D eigenvalue weighted by atomic mass is 9.98. The van der Waals surface area contributed by atoms with Crippen molar-refractivity contribution in [1.29, 1.82) is 0 Å². The molecule has 9 heteroatoms. The van der Waals surface area contributed by atoms with Crippen LogP contribution in [-0.2, 0) is 0 Å². The van der Waals surface area contributed by atoms with Crippen molar-refractivity contribution >= 4 is 28.8 Å². The number of likely N-dealkylation sites (tertiary alicyclic amines) is 1. The van der Waals surface area contributed by atoms with E-state index in [1.165, 1.54) is 29.5 Å². The van der Waals surface area contributed by atoms with E-state index in [-0.39, 0.29) is 16.8 Å². The van der Waals surface area contributed by atoms with E-state index in [2.05, 4.69) is 15.5 Å². The molecule has 0 bridgehead atoms. The van der Waals surface area contributed by atoms with Gasteiger partial charge < -0.3 is 15.0 Å². The van der Waals surface area contributed by atoms with Crippen LogP contribution in [0.4, 0.5) is 10.1 Å². The van der Waals surface area contributed by atoms with E-state index in [1.807, 2.05) is 11.8 Å². The summed E-state index contributed by atoms with van der Waals surface area (Å²) in [4.78, 5) is 27.2. The third kappa shape index (κ3) is 5.11. The number of hydrogen-bond acceptors (Lipinski definition) is 6. The van der Waals surface area contributed by atoms with Gasteiger partial charge in [0.2, 0.25) is 5.01 Å². The fourth-order valence-electron chi connectivity index (χ4n) is 3.65. The predicted molar refractivity (Wildman–Crippen MR) is 120 cm³/mol. The fraction of sp³-hybridized carbons (Fsp3) is 0.304. The molecule has 7 nitrogen and oxygen atoms in total. The Morgan fingerprint density at radius 3 is 2.78 bits per heavy atom. The summed E-state index contributed by atoms with van der Waals surface area (Å²) in [5, 5.41) is 11.8. The summed E-state index contributed by atoms with van der Waals surface area (Å²) in [7, 11) is 0. The van der Waals surface area contributed by atoms with Crippen molar-refractivity contribution in [2.24, 2.45) is 0 Å². The standard InChI is InChI=1S/C23H23FN4O3S/c1-2-31-19-10-8-15(9-11-19)23(30)28-12-4-5-16(14-28)21-26-27-22(32-21)20(29)25-18-7-3-6-17(24)13-18/h3,6-11,13,16H,2,4-5,12,14H2,1H3,(H,25,29). The molecule has 1 saturated heterocycles. The third-order valence-electron chi connectivity index (χ3n) is 5.19. The summed E-state index contributed by atoms with van der Waals surface area (Å²) >= 11 is 1.21. The number of nitrogens with one attached hydrogen (secondary N) is 1. The highest BCUT2D eigenvalue weighted by molar-refractivity contribution is 7.13. The highest BCUT2D eigenvalue weighted by Crippen LogP contribution is 2.30. The molecule has 3 aromatic rings. The lowest BCUT2D eigenvalue weighted by Gasteiger charge is -2.31. The second-order valence-corrected chi connectivity index (χ2v) is 8.47. The Balaban J connectivity index is 1.40. The normalized spacial score (nSPS) is 15.9. The van der Waals surface area contributed by atoms with Crippen molar-refractivity contribution in [1.82, 2.24) is 15.1 Å². The summed E-state index contributed by atoms with van der Waals surface area (Å²) in [6.45, 7) is 3.68. The summed E-state index contributed by atoms with van der Waals surface area (Å²) in [6, 6.07) is 12.8. The third-order valence-corrected chi connectivity index (χ3v) is 6.27. The summed E-state index contributed by atoms with van der Waals surface area (Å²) in [5.74, 6) is -0.147. The van der Waals surface area contributed by atoms with E-state index in [9.17, 15) is 14.0 Å². The molecular formula is C23H23FN4O3S. The van der Waals surface area contributed by atoms with Crippen LogP contribution in [0.2, 0.25) is 0 Å². The van der Waals surface area contributed by atoms with Gasteiger partial charge in [-0.05, 0) is 62.2 Å². The van der Waals surface area contributed by atoms with E-state index in [1.54, 1.807) is 30.3 Å². The maximum Gasteiger partial charge on any atom is 0.286 e.